The van der Waals surface area contributed by atoms with Gasteiger partial charge in [-0.1, -0.05) is 32.0 Å². The van der Waals surface area contributed by atoms with E-state index in [-0.39, 0.29) is 0 Å². The Morgan fingerprint density at radius 1 is 1.38 bits per heavy atom. The number of thiocarbonyl (C=S) groups is 1. The largest absolute Gasteiger partial charge is 0.345 e. The Kier molecular flexibility index (Phi) is 5.59. The lowest BCUT2D eigenvalue weighted by molar-refractivity contribution is 0.288. The van der Waals surface area contributed by atoms with Crippen LogP contribution >= 0.6 is 12.2 Å². The number of nitrogens with zero attached hydrogens (tertiary/aromatic N) is 2. The summed E-state index contributed by atoms with van der Waals surface area (Å²) in [6.45, 7) is 6.56. The molecule has 1 atom stereocenters. The summed E-state index contributed by atoms with van der Waals surface area (Å²) in [5, 5.41) is 4.34. The Balaban J connectivity index is 2.07. The minimum Gasteiger partial charge on any atom is -0.345 e. The molecule has 1 aliphatic rings. The zero-order valence-electron chi connectivity index (χ0n) is 13.6. The Hall–Kier alpha value is -1.13. The fourth-order valence-electron chi connectivity index (χ4n) is 3.02. The first kappa shape index (κ1) is 16.2. The number of benzene rings is 1. The molecule has 1 unspecified atom stereocenters. The van der Waals surface area contributed by atoms with Crippen molar-refractivity contribution in [1.82, 2.24) is 9.80 Å². The van der Waals surface area contributed by atoms with Gasteiger partial charge in [0.05, 0.1) is 0 Å². The average molecular weight is 305 g/mol. The maximum absolute atomic E-state index is 5.67. The van der Waals surface area contributed by atoms with Gasteiger partial charge < -0.3 is 15.1 Å². The van der Waals surface area contributed by atoms with Crippen LogP contribution in [0.2, 0.25) is 0 Å². The van der Waals surface area contributed by atoms with E-state index in [1.54, 1.807) is 0 Å². The van der Waals surface area contributed by atoms with E-state index in [0.717, 1.165) is 23.9 Å². The summed E-state index contributed by atoms with van der Waals surface area (Å²) >= 11 is 5.67. The third-order valence-corrected chi connectivity index (χ3v) is 4.37. The number of hydrogen-bond donors (Lipinski definition) is 1. The molecule has 4 heteroatoms. The first-order valence-corrected chi connectivity index (χ1v) is 8.21. The van der Waals surface area contributed by atoms with Crippen molar-refractivity contribution in [1.29, 1.82) is 0 Å². The topological polar surface area (TPSA) is 18.5 Å². The predicted octanol–water partition coefficient (Wildman–Crippen LogP) is 3.53. The van der Waals surface area contributed by atoms with Crippen LogP contribution in [0.25, 0.3) is 0 Å². The van der Waals surface area contributed by atoms with Gasteiger partial charge in [0.1, 0.15) is 0 Å². The van der Waals surface area contributed by atoms with Gasteiger partial charge >= 0.3 is 0 Å². The lowest BCUT2D eigenvalue weighted by Crippen LogP contribution is -2.43. The highest BCUT2D eigenvalue weighted by Gasteiger charge is 2.27. The van der Waals surface area contributed by atoms with E-state index in [2.05, 4.69) is 67.3 Å². The average Bonchev–Trinajstić information content (AvgIpc) is 2.86. The van der Waals surface area contributed by atoms with E-state index in [0.29, 0.717) is 12.0 Å². The summed E-state index contributed by atoms with van der Waals surface area (Å²) in [5.41, 5.74) is 2.47. The molecule has 21 heavy (non-hydrogen) atoms. The molecule has 0 aromatic heterocycles. The molecule has 0 saturated carbocycles. The second-order valence-electron chi connectivity index (χ2n) is 6.42. The summed E-state index contributed by atoms with van der Waals surface area (Å²) < 4.78 is 0. The lowest BCUT2D eigenvalue weighted by Gasteiger charge is -2.30. The molecule has 1 aromatic carbocycles. The molecule has 1 N–H and O–H groups in total. The van der Waals surface area contributed by atoms with E-state index in [1.165, 1.54) is 18.4 Å². The summed E-state index contributed by atoms with van der Waals surface area (Å²) in [7, 11) is 4.25. The number of para-hydroxylation sites is 1. The molecule has 3 nitrogen and oxygen atoms in total. The number of nitrogens with one attached hydrogen (secondary N) is 1. The van der Waals surface area contributed by atoms with Crippen molar-refractivity contribution in [2.24, 2.45) is 0 Å². The van der Waals surface area contributed by atoms with Crippen LogP contribution in [0.1, 0.15) is 38.2 Å². The van der Waals surface area contributed by atoms with Crippen molar-refractivity contribution >= 4 is 23.0 Å². The number of likely N-dealkylation sites (N-methyl/N-ethyl adjacent to an activating group) is 1. The number of rotatable bonds is 4. The van der Waals surface area contributed by atoms with E-state index >= 15 is 0 Å². The molecule has 1 aromatic rings. The highest BCUT2D eigenvalue weighted by atomic mass is 32.1. The van der Waals surface area contributed by atoms with Gasteiger partial charge in [-0.2, -0.15) is 0 Å². The maximum Gasteiger partial charge on any atom is 0.173 e. The van der Waals surface area contributed by atoms with Crippen LogP contribution in [0, 0.1) is 0 Å². The third-order valence-electron chi connectivity index (χ3n) is 4.04. The van der Waals surface area contributed by atoms with Crippen molar-refractivity contribution in [3.05, 3.63) is 29.8 Å². The second-order valence-corrected chi connectivity index (χ2v) is 6.81. The highest BCUT2D eigenvalue weighted by Crippen LogP contribution is 2.25. The molecule has 0 bridgehead atoms. The van der Waals surface area contributed by atoms with Gasteiger partial charge in [-0.3, -0.25) is 0 Å². The first-order chi connectivity index (χ1) is 9.99. The molecule has 1 saturated heterocycles. The van der Waals surface area contributed by atoms with Crippen molar-refractivity contribution in [2.45, 2.75) is 38.6 Å². The van der Waals surface area contributed by atoms with E-state index in [1.807, 2.05) is 0 Å². The van der Waals surface area contributed by atoms with Crippen LogP contribution < -0.4 is 5.32 Å². The second kappa shape index (κ2) is 7.23. The molecule has 116 valence electrons. The summed E-state index contributed by atoms with van der Waals surface area (Å²) in [6, 6.07) is 8.99. The Morgan fingerprint density at radius 3 is 2.76 bits per heavy atom. The lowest BCUT2D eigenvalue weighted by atomic mass is 10.0. The molecule has 0 amide bonds. The van der Waals surface area contributed by atoms with Crippen LogP contribution in [0.5, 0.6) is 0 Å². The molecular weight excluding hydrogens is 278 g/mol. The van der Waals surface area contributed by atoms with E-state index in [4.69, 9.17) is 12.2 Å². The Labute approximate surface area is 134 Å². The zero-order chi connectivity index (χ0) is 15.4. The third kappa shape index (κ3) is 4.17. The van der Waals surface area contributed by atoms with Gasteiger partial charge in [-0.15, -0.1) is 0 Å². The normalized spacial score (nSPS) is 18.6. The molecule has 1 fully saturated rings. The summed E-state index contributed by atoms with van der Waals surface area (Å²) in [6.07, 6.45) is 2.46. The smallest absolute Gasteiger partial charge is 0.173 e. The van der Waals surface area contributed by atoms with Crippen LogP contribution in [-0.4, -0.2) is 48.1 Å². The highest BCUT2D eigenvalue weighted by molar-refractivity contribution is 7.80. The van der Waals surface area contributed by atoms with Crippen LogP contribution in [0.4, 0.5) is 5.69 Å². The molecular formula is C17H27N3S. The van der Waals surface area contributed by atoms with Gasteiger partial charge in [0.2, 0.25) is 0 Å². The molecule has 0 aliphatic carbocycles. The minimum atomic E-state index is 0.493. The summed E-state index contributed by atoms with van der Waals surface area (Å²) in [5.74, 6) is 0.493. The SMILES string of the molecule is CC(C)c1ccccc1NC(=S)N1CCCC1CN(C)C. The van der Waals surface area contributed by atoms with E-state index in [9.17, 15) is 0 Å². The fraction of sp³-hybridized carbons (Fsp3) is 0.588. The van der Waals surface area contributed by atoms with Crippen molar-refractivity contribution in [3.8, 4) is 0 Å². The van der Waals surface area contributed by atoms with Gasteiger partial charge in [0, 0.05) is 24.8 Å². The minimum absolute atomic E-state index is 0.493. The Bertz CT molecular complexity index is 485. The molecule has 2 rings (SSSR count). The van der Waals surface area contributed by atoms with Crippen molar-refractivity contribution in [2.75, 3.05) is 32.5 Å². The molecule has 1 aliphatic heterocycles. The molecule has 0 spiro atoms. The molecule has 1 heterocycles. The van der Waals surface area contributed by atoms with Crippen LogP contribution in [0.3, 0.4) is 0 Å². The van der Waals surface area contributed by atoms with E-state index < -0.39 is 0 Å². The van der Waals surface area contributed by atoms with Gasteiger partial charge in [-0.05, 0) is 56.7 Å². The van der Waals surface area contributed by atoms with Crippen molar-refractivity contribution in [3.63, 3.8) is 0 Å². The standard InChI is InChI=1S/C17H27N3S/c1-13(2)15-9-5-6-10-16(15)18-17(21)20-11-7-8-14(20)12-19(3)4/h5-6,9-10,13-14H,7-8,11-12H2,1-4H3,(H,18,21). The Morgan fingerprint density at radius 2 is 2.10 bits per heavy atom. The number of likely N-dealkylation sites (tertiary alicyclic amines) is 1. The quantitative estimate of drug-likeness (QED) is 0.857. The van der Waals surface area contributed by atoms with Gasteiger partial charge in [0.15, 0.2) is 5.11 Å². The number of anilines is 1. The fourth-order valence-corrected chi connectivity index (χ4v) is 3.37. The number of hydrogen-bond acceptors (Lipinski definition) is 2. The van der Waals surface area contributed by atoms with Gasteiger partial charge in [0.25, 0.3) is 0 Å². The van der Waals surface area contributed by atoms with Gasteiger partial charge in [-0.25, -0.2) is 0 Å². The zero-order valence-corrected chi connectivity index (χ0v) is 14.4. The first-order valence-electron chi connectivity index (χ1n) is 7.80. The molecule has 0 radical (unpaired) electrons. The van der Waals surface area contributed by atoms with Crippen molar-refractivity contribution < 1.29 is 0 Å². The van der Waals surface area contributed by atoms with Crippen LogP contribution in [-0.2, 0) is 0 Å². The monoisotopic (exact) mass is 305 g/mol. The van der Waals surface area contributed by atoms with Crippen LogP contribution in [0.15, 0.2) is 24.3 Å². The maximum atomic E-state index is 5.67. The summed E-state index contributed by atoms with van der Waals surface area (Å²) in [4.78, 5) is 4.60. The predicted molar refractivity (Wildman–Crippen MR) is 95.0 cm³/mol.